The Morgan fingerprint density at radius 1 is 1.06 bits per heavy atom. The number of rotatable bonds is 9. The van der Waals surface area contributed by atoms with Gasteiger partial charge in [-0.05, 0) is 79.8 Å². The van der Waals surface area contributed by atoms with Crippen LogP contribution in [-0.4, -0.2) is 31.8 Å². The van der Waals surface area contributed by atoms with Crippen molar-refractivity contribution in [3.63, 3.8) is 0 Å². The zero-order chi connectivity index (χ0) is 24.3. The molecule has 2 aliphatic rings. The van der Waals surface area contributed by atoms with Gasteiger partial charge < -0.3 is 14.8 Å². The number of nitrogens with one attached hydrogen (secondary N) is 1. The molecule has 2 aromatic carbocycles. The third-order valence-electron chi connectivity index (χ3n) is 7.81. The summed E-state index contributed by atoms with van der Waals surface area (Å²) >= 11 is 13.1. The number of hydrogen-bond acceptors (Lipinski definition) is 3. The highest BCUT2D eigenvalue weighted by molar-refractivity contribution is 6.31. The van der Waals surface area contributed by atoms with Gasteiger partial charge in [-0.25, -0.2) is 0 Å². The van der Waals surface area contributed by atoms with Crippen LogP contribution in [0, 0.1) is 11.3 Å². The summed E-state index contributed by atoms with van der Waals surface area (Å²) in [6.45, 7) is 8.18. The molecule has 0 bridgehead atoms. The van der Waals surface area contributed by atoms with Gasteiger partial charge in [-0.1, -0.05) is 55.2 Å². The van der Waals surface area contributed by atoms with Gasteiger partial charge in [-0.2, -0.15) is 0 Å². The lowest BCUT2D eigenvalue weighted by molar-refractivity contribution is -0.131. The lowest BCUT2D eigenvalue weighted by atomic mass is 9.54. The maximum Gasteiger partial charge on any atom is 0.226 e. The van der Waals surface area contributed by atoms with E-state index in [0.717, 1.165) is 43.6 Å². The Labute approximate surface area is 213 Å². The lowest BCUT2D eigenvalue weighted by Crippen LogP contribution is -2.43. The molecule has 6 heteroatoms. The van der Waals surface area contributed by atoms with E-state index in [1.807, 2.05) is 24.3 Å². The number of carbonyl (C=O) groups is 1. The van der Waals surface area contributed by atoms with Crippen LogP contribution in [0.5, 0.6) is 5.75 Å². The molecule has 1 saturated heterocycles. The summed E-state index contributed by atoms with van der Waals surface area (Å²) < 4.78 is 11.4. The monoisotopic (exact) mass is 503 g/mol. The molecular formula is C28H35Cl2NO3. The molecule has 1 heterocycles. The minimum absolute atomic E-state index is 0.0976. The van der Waals surface area contributed by atoms with Gasteiger partial charge in [0.05, 0.1) is 12.0 Å². The maximum absolute atomic E-state index is 13.1. The molecule has 4 nitrogen and oxygen atoms in total. The van der Waals surface area contributed by atoms with Crippen molar-refractivity contribution in [1.29, 1.82) is 0 Å². The Morgan fingerprint density at radius 3 is 2.50 bits per heavy atom. The first kappa shape index (κ1) is 25.3. The van der Waals surface area contributed by atoms with Gasteiger partial charge in [0.25, 0.3) is 0 Å². The van der Waals surface area contributed by atoms with Crippen molar-refractivity contribution >= 4 is 29.1 Å². The lowest BCUT2D eigenvalue weighted by Gasteiger charge is -2.47. The average molecular weight is 504 g/mol. The standard InChI is InChI=1S/C28H35Cl2NO3/c1-4-14-33-15-16-34-21-10-11-22(24(30)17-21)23-12-13-28(5-2)26(18(3)31-27(28)32)25(23)19-6-8-20(29)9-7-19/h6-11,17-18,23,25-26H,4-5,12-16H2,1-3H3,(H,31,32)/t18-,23+,25+,26+,28-/m1/s1. The molecule has 1 N–H and O–H groups in total. The van der Waals surface area contributed by atoms with Crippen LogP contribution in [-0.2, 0) is 9.53 Å². The van der Waals surface area contributed by atoms with Crippen molar-refractivity contribution in [1.82, 2.24) is 5.32 Å². The van der Waals surface area contributed by atoms with Gasteiger partial charge in [-0.3, -0.25) is 4.79 Å². The third-order valence-corrected chi connectivity index (χ3v) is 8.39. The molecule has 1 saturated carbocycles. The molecule has 34 heavy (non-hydrogen) atoms. The van der Waals surface area contributed by atoms with E-state index >= 15 is 0 Å². The predicted octanol–water partition coefficient (Wildman–Crippen LogP) is 6.99. The quantitative estimate of drug-likeness (QED) is 0.375. The Bertz CT molecular complexity index is 996. The topological polar surface area (TPSA) is 47.6 Å². The van der Waals surface area contributed by atoms with Crippen LogP contribution in [0.15, 0.2) is 42.5 Å². The highest BCUT2D eigenvalue weighted by Crippen LogP contribution is 2.60. The SMILES string of the molecule is CCCOCCOc1ccc([C@@H]2CC[C@@]3(CC)C(=O)N[C@H](C)[C@H]3[C@H]2c2ccc(Cl)cc2)c(Cl)c1. The number of fused-ring (bicyclic) bond motifs is 1. The molecule has 5 atom stereocenters. The van der Waals surface area contributed by atoms with Crippen molar-refractivity contribution in [2.75, 3.05) is 19.8 Å². The van der Waals surface area contributed by atoms with Crippen LogP contribution >= 0.6 is 23.2 Å². The van der Waals surface area contributed by atoms with Crippen LogP contribution < -0.4 is 10.1 Å². The highest BCUT2D eigenvalue weighted by Gasteiger charge is 2.59. The average Bonchev–Trinajstić information content (AvgIpc) is 3.09. The molecular weight excluding hydrogens is 469 g/mol. The van der Waals surface area contributed by atoms with E-state index in [0.29, 0.717) is 23.3 Å². The summed E-state index contributed by atoms with van der Waals surface area (Å²) in [5.74, 6) is 1.50. The Balaban J connectivity index is 1.65. The Morgan fingerprint density at radius 2 is 1.82 bits per heavy atom. The molecule has 2 fully saturated rings. The summed E-state index contributed by atoms with van der Waals surface area (Å²) in [4.78, 5) is 13.1. The predicted molar refractivity (Wildman–Crippen MR) is 138 cm³/mol. The zero-order valence-corrected chi connectivity index (χ0v) is 21.8. The van der Waals surface area contributed by atoms with Gasteiger partial charge in [0.1, 0.15) is 12.4 Å². The van der Waals surface area contributed by atoms with Gasteiger partial charge in [-0.15, -0.1) is 0 Å². The van der Waals surface area contributed by atoms with Crippen LogP contribution in [0.4, 0.5) is 0 Å². The van der Waals surface area contributed by atoms with E-state index in [1.165, 1.54) is 5.56 Å². The fraction of sp³-hybridized carbons (Fsp3) is 0.536. The Kier molecular flexibility index (Phi) is 8.12. The summed E-state index contributed by atoms with van der Waals surface area (Å²) in [7, 11) is 0. The van der Waals surface area contributed by atoms with Crippen molar-refractivity contribution in [2.24, 2.45) is 11.3 Å². The molecule has 184 valence electrons. The number of carbonyl (C=O) groups excluding carboxylic acids is 1. The molecule has 0 unspecified atom stereocenters. The number of hydrogen-bond donors (Lipinski definition) is 1. The van der Waals surface area contributed by atoms with Crippen molar-refractivity contribution < 1.29 is 14.3 Å². The second-order valence-electron chi connectivity index (χ2n) is 9.66. The van der Waals surface area contributed by atoms with Gasteiger partial charge in [0.2, 0.25) is 5.91 Å². The van der Waals surface area contributed by atoms with Gasteiger partial charge in [0.15, 0.2) is 0 Å². The summed E-state index contributed by atoms with van der Waals surface area (Å²) in [5.41, 5.74) is 1.99. The normalized spacial score (nSPS) is 28.4. The first-order valence-electron chi connectivity index (χ1n) is 12.5. The van der Waals surface area contributed by atoms with Crippen molar-refractivity contribution in [3.05, 3.63) is 63.6 Å². The number of amides is 1. The molecule has 0 radical (unpaired) electrons. The third kappa shape index (κ3) is 4.82. The molecule has 0 spiro atoms. The molecule has 4 rings (SSSR count). The van der Waals surface area contributed by atoms with E-state index in [-0.39, 0.29) is 35.1 Å². The molecule has 1 aliphatic carbocycles. The van der Waals surface area contributed by atoms with E-state index in [9.17, 15) is 4.79 Å². The zero-order valence-electron chi connectivity index (χ0n) is 20.3. The fourth-order valence-electron chi connectivity index (χ4n) is 6.26. The van der Waals surface area contributed by atoms with Crippen LogP contribution in [0.1, 0.15) is 69.4 Å². The first-order valence-corrected chi connectivity index (χ1v) is 13.2. The van der Waals surface area contributed by atoms with E-state index < -0.39 is 0 Å². The maximum atomic E-state index is 13.1. The number of halogens is 2. The van der Waals surface area contributed by atoms with E-state index in [2.05, 4.69) is 44.3 Å². The summed E-state index contributed by atoms with van der Waals surface area (Å²) in [6.07, 6.45) is 3.60. The minimum Gasteiger partial charge on any atom is -0.491 e. The van der Waals surface area contributed by atoms with E-state index in [4.69, 9.17) is 32.7 Å². The smallest absolute Gasteiger partial charge is 0.226 e. The number of ether oxygens (including phenoxy) is 2. The van der Waals surface area contributed by atoms with Gasteiger partial charge >= 0.3 is 0 Å². The fourth-order valence-corrected chi connectivity index (χ4v) is 6.69. The van der Waals surface area contributed by atoms with Crippen molar-refractivity contribution in [2.45, 2.75) is 64.3 Å². The number of benzene rings is 2. The summed E-state index contributed by atoms with van der Waals surface area (Å²) in [5, 5.41) is 4.69. The second kappa shape index (κ2) is 10.9. The first-order chi connectivity index (χ1) is 16.4. The highest BCUT2D eigenvalue weighted by atomic mass is 35.5. The molecule has 2 aromatic rings. The molecule has 1 aliphatic heterocycles. The second-order valence-corrected chi connectivity index (χ2v) is 10.5. The van der Waals surface area contributed by atoms with Crippen molar-refractivity contribution in [3.8, 4) is 5.75 Å². The van der Waals surface area contributed by atoms with E-state index in [1.54, 1.807) is 0 Å². The van der Waals surface area contributed by atoms with Crippen LogP contribution in [0.3, 0.4) is 0 Å². The van der Waals surface area contributed by atoms with Crippen LogP contribution in [0.2, 0.25) is 10.0 Å². The Hall–Kier alpha value is -1.75. The summed E-state index contributed by atoms with van der Waals surface area (Å²) in [6, 6.07) is 14.2. The van der Waals surface area contributed by atoms with Crippen LogP contribution in [0.25, 0.3) is 0 Å². The molecule has 0 aromatic heterocycles. The molecule has 1 amide bonds. The minimum atomic E-state index is -0.339. The largest absolute Gasteiger partial charge is 0.491 e. The van der Waals surface area contributed by atoms with Gasteiger partial charge in [0, 0.05) is 28.6 Å².